The predicted molar refractivity (Wildman–Crippen MR) is 104 cm³/mol. The third kappa shape index (κ3) is 3.78. The summed E-state index contributed by atoms with van der Waals surface area (Å²) < 4.78 is 10.8. The van der Waals surface area contributed by atoms with Gasteiger partial charge in [0, 0.05) is 11.6 Å². The first-order valence-electron chi connectivity index (χ1n) is 8.43. The van der Waals surface area contributed by atoms with Crippen LogP contribution in [-0.2, 0) is 9.59 Å². The second-order valence-electron chi connectivity index (χ2n) is 5.80. The van der Waals surface area contributed by atoms with Crippen molar-refractivity contribution in [1.82, 2.24) is 5.32 Å². The molecule has 0 unspecified atom stereocenters. The lowest BCUT2D eigenvalue weighted by Gasteiger charge is -2.26. The van der Waals surface area contributed by atoms with E-state index < -0.39 is 17.8 Å². The molecule has 1 N–H and O–H groups in total. The monoisotopic (exact) mass is 378 g/mol. The van der Waals surface area contributed by atoms with Crippen LogP contribution in [0.4, 0.5) is 10.5 Å². The third-order valence-electron chi connectivity index (χ3n) is 3.99. The number of para-hydroxylation sites is 1. The van der Waals surface area contributed by atoms with Crippen LogP contribution < -0.4 is 19.7 Å². The van der Waals surface area contributed by atoms with Gasteiger partial charge < -0.3 is 9.47 Å². The topological polar surface area (TPSA) is 84.9 Å². The Balaban J connectivity index is 2.02. The Morgan fingerprint density at radius 1 is 1.11 bits per heavy atom. The summed E-state index contributed by atoms with van der Waals surface area (Å²) in [6.07, 6.45) is 2.96. The molecule has 1 aliphatic heterocycles. The molecule has 0 atom stereocenters. The van der Waals surface area contributed by atoms with Gasteiger partial charge in [-0.05, 0) is 30.3 Å². The zero-order valence-electron chi connectivity index (χ0n) is 15.2. The second kappa shape index (κ2) is 8.22. The summed E-state index contributed by atoms with van der Waals surface area (Å²) >= 11 is 0. The zero-order chi connectivity index (χ0) is 20.1. The van der Waals surface area contributed by atoms with Crippen LogP contribution in [0.25, 0.3) is 6.08 Å². The van der Waals surface area contributed by atoms with E-state index in [1.807, 2.05) is 0 Å². The summed E-state index contributed by atoms with van der Waals surface area (Å²) in [7, 11) is 1.52. The molecular weight excluding hydrogens is 360 g/mol. The fourth-order valence-electron chi connectivity index (χ4n) is 2.66. The molecule has 0 saturated carbocycles. The normalized spacial score (nSPS) is 15.4. The van der Waals surface area contributed by atoms with Gasteiger partial charge >= 0.3 is 6.03 Å². The van der Waals surface area contributed by atoms with Crippen molar-refractivity contribution < 1.29 is 23.9 Å². The van der Waals surface area contributed by atoms with Crippen LogP contribution in [0.15, 0.2) is 66.8 Å². The van der Waals surface area contributed by atoms with Crippen molar-refractivity contribution in [2.45, 2.75) is 0 Å². The number of hydrogen-bond acceptors (Lipinski definition) is 5. The van der Waals surface area contributed by atoms with Crippen LogP contribution in [0, 0.1) is 0 Å². The molecule has 2 aromatic rings. The average molecular weight is 378 g/mol. The van der Waals surface area contributed by atoms with Gasteiger partial charge in [0.2, 0.25) is 0 Å². The lowest BCUT2D eigenvalue weighted by molar-refractivity contribution is -0.122. The first-order chi connectivity index (χ1) is 13.5. The van der Waals surface area contributed by atoms with E-state index in [2.05, 4.69) is 11.9 Å². The Labute approximate surface area is 161 Å². The van der Waals surface area contributed by atoms with Crippen molar-refractivity contribution in [2.75, 3.05) is 18.6 Å². The molecular formula is C21H18N2O5. The Kier molecular flexibility index (Phi) is 5.55. The summed E-state index contributed by atoms with van der Waals surface area (Å²) in [6.45, 7) is 3.84. The number of imide groups is 2. The number of carbonyl (C=O) groups is 3. The lowest BCUT2D eigenvalue weighted by Crippen LogP contribution is -2.54. The summed E-state index contributed by atoms with van der Waals surface area (Å²) in [5, 5.41) is 2.19. The number of nitrogens with one attached hydrogen (secondary N) is 1. The van der Waals surface area contributed by atoms with Crippen LogP contribution in [0.3, 0.4) is 0 Å². The molecule has 3 rings (SSSR count). The average Bonchev–Trinajstić information content (AvgIpc) is 2.70. The van der Waals surface area contributed by atoms with Crippen LogP contribution >= 0.6 is 0 Å². The van der Waals surface area contributed by atoms with Crippen molar-refractivity contribution >= 4 is 29.6 Å². The van der Waals surface area contributed by atoms with Gasteiger partial charge in [0.15, 0.2) is 0 Å². The maximum absolute atomic E-state index is 12.9. The minimum Gasteiger partial charge on any atom is -0.497 e. The number of urea groups is 1. The molecule has 7 heteroatoms. The number of hydrogen-bond donors (Lipinski definition) is 1. The molecule has 142 valence electrons. The number of amides is 4. The van der Waals surface area contributed by atoms with E-state index in [1.54, 1.807) is 54.6 Å². The van der Waals surface area contributed by atoms with Gasteiger partial charge in [0.05, 0.1) is 12.8 Å². The van der Waals surface area contributed by atoms with Crippen molar-refractivity contribution in [3.05, 3.63) is 72.3 Å². The number of ether oxygens (including phenoxy) is 2. The fraction of sp³-hybridized carbons (Fsp3) is 0.0952. The number of carbonyl (C=O) groups excluding carboxylic acids is 3. The number of rotatable bonds is 6. The van der Waals surface area contributed by atoms with Crippen molar-refractivity contribution in [3.63, 3.8) is 0 Å². The lowest BCUT2D eigenvalue weighted by atomic mass is 10.1. The molecule has 0 radical (unpaired) electrons. The number of anilines is 1. The SMILES string of the molecule is C=CCOc1cc(OC)ccc1/C=C1\C(=O)NC(=O)N(c2ccccc2)C1=O. The van der Waals surface area contributed by atoms with E-state index in [0.29, 0.717) is 22.7 Å². The maximum Gasteiger partial charge on any atom is 0.335 e. The van der Waals surface area contributed by atoms with Crippen LogP contribution in [-0.4, -0.2) is 31.6 Å². The van der Waals surface area contributed by atoms with E-state index in [9.17, 15) is 14.4 Å². The first-order valence-corrected chi connectivity index (χ1v) is 8.43. The molecule has 4 amide bonds. The number of nitrogens with zero attached hydrogens (tertiary/aromatic N) is 1. The Hall–Kier alpha value is -3.87. The summed E-state index contributed by atoms with van der Waals surface area (Å²) in [4.78, 5) is 38.3. The van der Waals surface area contributed by atoms with Gasteiger partial charge in [-0.2, -0.15) is 0 Å². The van der Waals surface area contributed by atoms with Crippen molar-refractivity contribution in [3.8, 4) is 11.5 Å². The summed E-state index contributed by atoms with van der Waals surface area (Å²) in [5.41, 5.74) is 0.668. The molecule has 1 heterocycles. The Morgan fingerprint density at radius 3 is 2.54 bits per heavy atom. The molecule has 28 heavy (non-hydrogen) atoms. The predicted octanol–water partition coefficient (Wildman–Crippen LogP) is 2.93. The van der Waals surface area contributed by atoms with Gasteiger partial charge in [-0.3, -0.25) is 14.9 Å². The Bertz CT molecular complexity index is 966. The number of benzene rings is 2. The quantitative estimate of drug-likeness (QED) is 0.475. The van der Waals surface area contributed by atoms with E-state index >= 15 is 0 Å². The van der Waals surface area contributed by atoms with Gasteiger partial charge in [-0.25, -0.2) is 9.69 Å². The summed E-state index contributed by atoms with van der Waals surface area (Å²) in [5.74, 6) is -0.518. The van der Waals surface area contributed by atoms with Gasteiger partial charge in [-0.15, -0.1) is 0 Å². The highest BCUT2D eigenvalue weighted by molar-refractivity contribution is 6.39. The molecule has 0 aliphatic carbocycles. The van der Waals surface area contributed by atoms with Crippen LogP contribution in [0.1, 0.15) is 5.56 Å². The second-order valence-corrected chi connectivity index (χ2v) is 5.80. The molecule has 0 aromatic heterocycles. The molecule has 7 nitrogen and oxygen atoms in total. The highest BCUT2D eigenvalue weighted by Crippen LogP contribution is 2.28. The molecule has 0 bridgehead atoms. The van der Waals surface area contributed by atoms with Gasteiger partial charge in [-0.1, -0.05) is 30.9 Å². The standard InChI is InChI=1S/C21H18N2O5/c1-3-11-28-18-13-16(27-2)10-9-14(18)12-17-19(24)22-21(26)23(20(17)25)15-7-5-4-6-8-15/h3-10,12-13H,1,11H2,2H3,(H,22,24,26)/b17-12+. The zero-order valence-corrected chi connectivity index (χ0v) is 15.2. The fourth-order valence-corrected chi connectivity index (χ4v) is 2.66. The van der Waals surface area contributed by atoms with Crippen molar-refractivity contribution in [1.29, 1.82) is 0 Å². The molecule has 0 spiro atoms. The maximum atomic E-state index is 12.9. The number of methoxy groups -OCH3 is 1. The largest absolute Gasteiger partial charge is 0.497 e. The van der Waals surface area contributed by atoms with E-state index in [0.717, 1.165) is 4.90 Å². The molecule has 1 fully saturated rings. The molecule has 1 aliphatic rings. The molecule has 2 aromatic carbocycles. The van der Waals surface area contributed by atoms with E-state index in [1.165, 1.54) is 13.2 Å². The molecule has 1 saturated heterocycles. The minimum atomic E-state index is -0.795. The van der Waals surface area contributed by atoms with Crippen molar-refractivity contribution in [2.24, 2.45) is 0 Å². The van der Waals surface area contributed by atoms with E-state index in [-0.39, 0.29) is 12.2 Å². The van der Waals surface area contributed by atoms with Crippen LogP contribution in [0.5, 0.6) is 11.5 Å². The number of barbiturate groups is 1. The van der Waals surface area contributed by atoms with Crippen LogP contribution in [0.2, 0.25) is 0 Å². The highest BCUT2D eigenvalue weighted by atomic mass is 16.5. The van der Waals surface area contributed by atoms with E-state index in [4.69, 9.17) is 9.47 Å². The van der Waals surface area contributed by atoms with Gasteiger partial charge in [0.25, 0.3) is 11.8 Å². The minimum absolute atomic E-state index is 0.183. The van der Waals surface area contributed by atoms with Gasteiger partial charge in [0.1, 0.15) is 23.7 Å². The Morgan fingerprint density at radius 2 is 1.86 bits per heavy atom. The highest BCUT2D eigenvalue weighted by Gasteiger charge is 2.36. The first kappa shape index (κ1) is 18.9. The third-order valence-corrected chi connectivity index (χ3v) is 3.99. The summed E-state index contributed by atoms with van der Waals surface area (Å²) in [6, 6.07) is 12.6. The smallest absolute Gasteiger partial charge is 0.335 e.